The smallest absolute Gasteiger partial charge is 0.317 e. The highest BCUT2D eigenvalue weighted by atomic mass is 16.4. The molecule has 1 aromatic rings. The number of hydrogen-bond donors (Lipinski definition) is 1. The van der Waals surface area contributed by atoms with Gasteiger partial charge in [0.25, 0.3) is 0 Å². The van der Waals surface area contributed by atoms with Crippen LogP contribution in [0.3, 0.4) is 0 Å². The molecule has 0 saturated carbocycles. The molecule has 1 unspecified atom stereocenters. The molecule has 0 fully saturated rings. The number of carboxylic acids is 1. The maximum Gasteiger partial charge on any atom is 0.317 e. The van der Waals surface area contributed by atoms with Gasteiger partial charge in [-0.25, -0.2) is 0 Å². The number of rotatable bonds is 5. The Balaban J connectivity index is 2.82. The van der Waals surface area contributed by atoms with E-state index in [1.807, 2.05) is 38.9 Å². The molecule has 0 saturated heterocycles. The molecule has 1 N–H and O–H groups in total. The summed E-state index contributed by atoms with van der Waals surface area (Å²) < 4.78 is 1.73. The highest BCUT2D eigenvalue weighted by molar-refractivity contribution is 5.69. The molecular weight excluding hydrogens is 206 g/mol. The summed E-state index contributed by atoms with van der Waals surface area (Å²) in [7, 11) is 1.85. The van der Waals surface area contributed by atoms with E-state index in [-0.39, 0.29) is 18.6 Å². The summed E-state index contributed by atoms with van der Waals surface area (Å²) in [6, 6.07) is 0.246. The Morgan fingerprint density at radius 2 is 2.19 bits per heavy atom. The lowest BCUT2D eigenvalue weighted by Crippen LogP contribution is -2.37. The molecule has 1 heterocycles. The number of aromatic nitrogens is 2. The Morgan fingerprint density at radius 1 is 1.56 bits per heavy atom. The van der Waals surface area contributed by atoms with Gasteiger partial charge < -0.3 is 5.11 Å². The van der Waals surface area contributed by atoms with Crippen LogP contribution in [-0.2, 0) is 11.8 Å². The fraction of sp³-hybridized carbons (Fsp3) is 0.636. The van der Waals surface area contributed by atoms with Gasteiger partial charge in [0.2, 0.25) is 0 Å². The average Bonchev–Trinajstić information content (AvgIpc) is 2.59. The second-order valence-corrected chi connectivity index (χ2v) is 4.28. The Bertz CT molecular complexity index is 360. The van der Waals surface area contributed by atoms with Gasteiger partial charge in [0.05, 0.1) is 12.7 Å². The minimum Gasteiger partial charge on any atom is -0.480 e. The number of aliphatic carboxylic acids is 1. The lowest BCUT2D eigenvalue weighted by molar-refractivity contribution is -0.139. The maximum absolute atomic E-state index is 10.8. The molecule has 0 aliphatic carbocycles. The van der Waals surface area contributed by atoms with Crippen molar-refractivity contribution in [2.45, 2.75) is 32.9 Å². The van der Waals surface area contributed by atoms with Gasteiger partial charge in [0, 0.05) is 30.9 Å². The molecule has 0 spiro atoms. The van der Waals surface area contributed by atoms with Crippen molar-refractivity contribution >= 4 is 5.97 Å². The fourth-order valence-corrected chi connectivity index (χ4v) is 1.77. The van der Waals surface area contributed by atoms with Gasteiger partial charge in [-0.2, -0.15) is 5.10 Å². The zero-order valence-electron chi connectivity index (χ0n) is 10.2. The Labute approximate surface area is 95.7 Å². The maximum atomic E-state index is 10.8. The van der Waals surface area contributed by atoms with E-state index >= 15 is 0 Å². The normalized spacial score (nSPS) is 13.4. The Hall–Kier alpha value is -1.36. The van der Waals surface area contributed by atoms with Crippen molar-refractivity contribution in [2.75, 3.05) is 6.54 Å². The second-order valence-electron chi connectivity index (χ2n) is 4.28. The number of nitrogens with zero attached hydrogens (tertiary/aromatic N) is 3. The van der Waals surface area contributed by atoms with Crippen molar-refractivity contribution in [3.05, 3.63) is 18.0 Å². The molecule has 0 aliphatic heterocycles. The van der Waals surface area contributed by atoms with Crippen molar-refractivity contribution in [2.24, 2.45) is 7.05 Å². The summed E-state index contributed by atoms with van der Waals surface area (Å²) in [5.74, 6) is -0.801. The summed E-state index contributed by atoms with van der Waals surface area (Å²) in [4.78, 5) is 12.7. The third kappa shape index (κ3) is 3.06. The second kappa shape index (κ2) is 5.12. The van der Waals surface area contributed by atoms with Crippen LogP contribution in [0.2, 0.25) is 0 Å². The van der Waals surface area contributed by atoms with Crippen molar-refractivity contribution in [1.82, 2.24) is 14.7 Å². The van der Waals surface area contributed by atoms with Gasteiger partial charge in [-0.05, 0) is 20.8 Å². The van der Waals surface area contributed by atoms with E-state index in [2.05, 4.69) is 5.10 Å². The van der Waals surface area contributed by atoms with E-state index in [0.29, 0.717) is 0 Å². The van der Waals surface area contributed by atoms with Gasteiger partial charge >= 0.3 is 5.97 Å². The van der Waals surface area contributed by atoms with Gasteiger partial charge in [0.15, 0.2) is 0 Å². The van der Waals surface area contributed by atoms with Crippen molar-refractivity contribution in [3.8, 4) is 0 Å². The molecule has 5 nitrogen and oxygen atoms in total. The van der Waals surface area contributed by atoms with E-state index in [9.17, 15) is 4.79 Å². The SMILES string of the molecule is CC(C)N(CC(=O)O)C(C)c1cnn(C)c1. The van der Waals surface area contributed by atoms with Gasteiger partial charge in [-0.1, -0.05) is 0 Å². The third-order valence-electron chi connectivity index (χ3n) is 2.69. The number of carboxylic acid groups (broad SMARTS) is 1. The van der Waals surface area contributed by atoms with E-state index in [1.54, 1.807) is 10.9 Å². The predicted molar refractivity (Wildman–Crippen MR) is 61.1 cm³/mol. The molecule has 0 radical (unpaired) electrons. The van der Waals surface area contributed by atoms with E-state index < -0.39 is 5.97 Å². The van der Waals surface area contributed by atoms with Crippen LogP contribution in [0.5, 0.6) is 0 Å². The number of carbonyl (C=O) groups is 1. The molecule has 90 valence electrons. The van der Waals surface area contributed by atoms with Crippen molar-refractivity contribution in [3.63, 3.8) is 0 Å². The van der Waals surface area contributed by atoms with Crippen LogP contribution in [0.4, 0.5) is 0 Å². The zero-order chi connectivity index (χ0) is 12.3. The lowest BCUT2D eigenvalue weighted by Gasteiger charge is -2.30. The van der Waals surface area contributed by atoms with Crippen molar-refractivity contribution < 1.29 is 9.90 Å². The van der Waals surface area contributed by atoms with Crippen LogP contribution >= 0.6 is 0 Å². The van der Waals surface area contributed by atoms with Crippen molar-refractivity contribution in [1.29, 1.82) is 0 Å². The molecule has 0 bridgehead atoms. The largest absolute Gasteiger partial charge is 0.480 e. The fourth-order valence-electron chi connectivity index (χ4n) is 1.77. The highest BCUT2D eigenvalue weighted by Crippen LogP contribution is 2.21. The zero-order valence-corrected chi connectivity index (χ0v) is 10.2. The molecule has 0 aromatic carbocycles. The van der Waals surface area contributed by atoms with Crippen LogP contribution in [-0.4, -0.2) is 38.3 Å². The molecule has 0 aliphatic rings. The monoisotopic (exact) mass is 225 g/mol. The van der Waals surface area contributed by atoms with Gasteiger partial charge in [-0.15, -0.1) is 0 Å². The quantitative estimate of drug-likeness (QED) is 0.820. The lowest BCUT2D eigenvalue weighted by atomic mass is 10.1. The summed E-state index contributed by atoms with van der Waals surface area (Å²) >= 11 is 0. The van der Waals surface area contributed by atoms with Gasteiger partial charge in [0.1, 0.15) is 0 Å². The minimum atomic E-state index is -0.801. The van der Waals surface area contributed by atoms with Crippen LogP contribution < -0.4 is 0 Å². The molecule has 5 heteroatoms. The van der Waals surface area contributed by atoms with E-state index in [1.165, 1.54) is 0 Å². The summed E-state index contributed by atoms with van der Waals surface area (Å²) in [5.41, 5.74) is 1.04. The first-order valence-electron chi connectivity index (χ1n) is 5.38. The summed E-state index contributed by atoms with van der Waals surface area (Å²) in [6.07, 6.45) is 3.70. The van der Waals surface area contributed by atoms with Crippen LogP contribution in [0.15, 0.2) is 12.4 Å². The Morgan fingerprint density at radius 3 is 2.56 bits per heavy atom. The predicted octanol–water partition coefficient (Wildman–Crippen LogP) is 1.28. The minimum absolute atomic E-state index is 0.0493. The first-order valence-corrected chi connectivity index (χ1v) is 5.38. The third-order valence-corrected chi connectivity index (χ3v) is 2.69. The topological polar surface area (TPSA) is 58.4 Å². The standard InChI is InChI=1S/C11H19N3O2/c1-8(2)14(7-11(15)16)9(3)10-5-12-13(4)6-10/h5-6,8-9H,7H2,1-4H3,(H,15,16). The van der Waals surface area contributed by atoms with Crippen LogP contribution in [0, 0.1) is 0 Å². The van der Waals surface area contributed by atoms with E-state index in [4.69, 9.17) is 5.11 Å². The average molecular weight is 225 g/mol. The summed E-state index contributed by atoms with van der Waals surface area (Å²) in [5, 5.41) is 13.0. The molecule has 1 atom stereocenters. The number of hydrogen-bond acceptors (Lipinski definition) is 3. The van der Waals surface area contributed by atoms with Crippen LogP contribution in [0.1, 0.15) is 32.4 Å². The first-order chi connectivity index (χ1) is 7.41. The first kappa shape index (κ1) is 12.7. The molecule has 0 amide bonds. The Kier molecular flexibility index (Phi) is 4.06. The highest BCUT2D eigenvalue weighted by Gasteiger charge is 2.21. The van der Waals surface area contributed by atoms with Gasteiger partial charge in [-0.3, -0.25) is 14.4 Å². The molecule has 16 heavy (non-hydrogen) atoms. The summed E-state index contributed by atoms with van der Waals surface area (Å²) in [6.45, 7) is 6.04. The molecule has 1 rings (SSSR count). The molecule has 1 aromatic heterocycles. The number of aryl methyl sites for hydroxylation is 1. The van der Waals surface area contributed by atoms with Crippen LogP contribution in [0.25, 0.3) is 0 Å². The van der Waals surface area contributed by atoms with E-state index in [0.717, 1.165) is 5.56 Å². The molecular formula is C11H19N3O2.